The van der Waals surface area contributed by atoms with Gasteiger partial charge >= 0.3 is 5.97 Å². The Labute approximate surface area is 122 Å². The molecule has 1 heterocycles. The normalized spacial score (nSPS) is 17.9. The van der Waals surface area contributed by atoms with Crippen molar-refractivity contribution in [1.29, 1.82) is 0 Å². The number of hydrogen-bond acceptors (Lipinski definition) is 3. The summed E-state index contributed by atoms with van der Waals surface area (Å²) in [7, 11) is 0. The number of carbonyl (C=O) groups is 1. The molecule has 0 spiro atoms. The van der Waals surface area contributed by atoms with E-state index in [2.05, 4.69) is 4.90 Å². The average Bonchev–Trinajstić information content (AvgIpc) is 2.59. The van der Waals surface area contributed by atoms with Gasteiger partial charge in [0.2, 0.25) is 0 Å². The van der Waals surface area contributed by atoms with Crippen molar-refractivity contribution in [3.63, 3.8) is 0 Å². The van der Waals surface area contributed by atoms with Crippen LogP contribution in [-0.4, -0.2) is 53.6 Å². The maximum atomic E-state index is 13.2. The number of hydrogen-bond donors (Lipinski definition) is 1. The van der Waals surface area contributed by atoms with E-state index < -0.39 is 5.97 Å². The van der Waals surface area contributed by atoms with Crippen molar-refractivity contribution in [2.24, 2.45) is 0 Å². The predicted molar refractivity (Wildman–Crippen MR) is 75.4 cm³/mol. The molecule has 0 radical (unpaired) electrons. The maximum absolute atomic E-state index is 13.2. The summed E-state index contributed by atoms with van der Waals surface area (Å²) in [6.45, 7) is 3.79. The monoisotopic (exact) mass is 300 g/mol. The quantitative estimate of drug-likeness (QED) is 0.924. The van der Waals surface area contributed by atoms with E-state index in [4.69, 9.17) is 16.7 Å². The van der Waals surface area contributed by atoms with Crippen LogP contribution in [0.5, 0.6) is 0 Å². The van der Waals surface area contributed by atoms with Crippen LogP contribution in [0.25, 0.3) is 0 Å². The third kappa shape index (κ3) is 4.44. The van der Waals surface area contributed by atoms with Crippen LogP contribution < -0.4 is 0 Å². The summed E-state index contributed by atoms with van der Waals surface area (Å²) in [6.07, 6.45) is 0.903. The molecule has 0 atom stereocenters. The zero-order valence-electron chi connectivity index (χ0n) is 11.2. The molecule has 2 rings (SSSR count). The van der Waals surface area contributed by atoms with Gasteiger partial charge in [0, 0.05) is 31.2 Å². The van der Waals surface area contributed by atoms with Crippen LogP contribution in [0.4, 0.5) is 4.39 Å². The lowest BCUT2D eigenvalue weighted by molar-refractivity contribution is -0.138. The topological polar surface area (TPSA) is 43.8 Å². The molecule has 0 unspecified atom stereocenters. The molecule has 6 heteroatoms. The average molecular weight is 301 g/mol. The van der Waals surface area contributed by atoms with Crippen molar-refractivity contribution in [2.45, 2.75) is 13.0 Å². The summed E-state index contributed by atoms with van der Waals surface area (Å²) >= 11 is 6.07. The number of aliphatic carboxylic acids is 1. The first-order valence-electron chi connectivity index (χ1n) is 6.65. The van der Waals surface area contributed by atoms with Gasteiger partial charge in [-0.1, -0.05) is 11.6 Å². The smallest absolute Gasteiger partial charge is 0.317 e. The summed E-state index contributed by atoms with van der Waals surface area (Å²) < 4.78 is 13.2. The summed E-state index contributed by atoms with van der Waals surface area (Å²) in [5.41, 5.74) is 0.776. The lowest BCUT2D eigenvalue weighted by atomic mass is 10.2. The molecule has 1 aromatic carbocycles. The minimum atomic E-state index is -0.799. The van der Waals surface area contributed by atoms with Crippen LogP contribution >= 0.6 is 11.6 Å². The number of carboxylic acids is 1. The highest BCUT2D eigenvalue weighted by Gasteiger charge is 2.17. The van der Waals surface area contributed by atoms with Gasteiger partial charge in [-0.15, -0.1) is 0 Å². The minimum Gasteiger partial charge on any atom is -0.480 e. The standard InChI is InChI=1S/C14H18ClFN2O2/c15-13-3-2-12(16)8-11(13)9-17-4-1-5-18(7-6-17)10-14(19)20/h2-3,8H,1,4-7,9-10H2,(H,19,20). The third-order valence-corrected chi connectivity index (χ3v) is 3.81. The minimum absolute atomic E-state index is 0.0779. The van der Waals surface area contributed by atoms with Crippen LogP contribution in [-0.2, 0) is 11.3 Å². The van der Waals surface area contributed by atoms with Gasteiger partial charge in [-0.25, -0.2) is 4.39 Å². The molecular weight excluding hydrogens is 283 g/mol. The van der Waals surface area contributed by atoms with Crippen LogP contribution in [0.1, 0.15) is 12.0 Å². The molecule has 1 aliphatic rings. The van der Waals surface area contributed by atoms with Gasteiger partial charge in [-0.05, 0) is 36.7 Å². The fourth-order valence-electron chi connectivity index (χ4n) is 2.44. The fraction of sp³-hybridized carbons (Fsp3) is 0.500. The second-order valence-electron chi connectivity index (χ2n) is 5.04. The first kappa shape index (κ1) is 15.2. The van der Waals surface area contributed by atoms with Crippen LogP contribution in [0.15, 0.2) is 18.2 Å². The Kier molecular flexibility index (Phi) is 5.34. The highest BCUT2D eigenvalue weighted by molar-refractivity contribution is 6.31. The first-order valence-corrected chi connectivity index (χ1v) is 7.03. The molecule has 1 N–H and O–H groups in total. The molecule has 110 valence electrons. The number of halogens is 2. The second-order valence-corrected chi connectivity index (χ2v) is 5.44. The first-order chi connectivity index (χ1) is 9.54. The molecule has 1 aliphatic heterocycles. The largest absolute Gasteiger partial charge is 0.480 e. The molecule has 1 fully saturated rings. The van der Waals surface area contributed by atoms with Gasteiger partial charge in [0.25, 0.3) is 0 Å². The van der Waals surface area contributed by atoms with E-state index in [1.54, 1.807) is 6.07 Å². The van der Waals surface area contributed by atoms with Crippen LogP contribution in [0.2, 0.25) is 5.02 Å². The van der Waals surface area contributed by atoms with E-state index in [1.165, 1.54) is 12.1 Å². The van der Waals surface area contributed by atoms with Crippen molar-refractivity contribution in [3.05, 3.63) is 34.6 Å². The van der Waals surface area contributed by atoms with Crippen molar-refractivity contribution in [2.75, 3.05) is 32.7 Å². The van der Waals surface area contributed by atoms with E-state index in [1.807, 2.05) is 4.90 Å². The number of rotatable bonds is 4. The Morgan fingerprint density at radius 1 is 1.25 bits per heavy atom. The summed E-state index contributed by atoms with van der Waals surface area (Å²) in [5.74, 6) is -1.08. The van der Waals surface area contributed by atoms with Gasteiger partial charge in [0.1, 0.15) is 5.82 Å². The van der Waals surface area contributed by atoms with Gasteiger partial charge in [0.15, 0.2) is 0 Å². The lowest BCUT2D eigenvalue weighted by Crippen LogP contribution is -2.34. The summed E-state index contributed by atoms with van der Waals surface area (Å²) in [4.78, 5) is 14.8. The Bertz CT molecular complexity index is 484. The maximum Gasteiger partial charge on any atom is 0.317 e. The van der Waals surface area contributed by atoms with Crippen molar-refractivity contribution < 1.29 is 14.3 Å². The molecular formula is C14H18ClFN2O2. The van der Waals surface area contributed by atoms with Crippen molar-refractivity contribution in [3.8, 4) is 0 Å². The SMILES string of the molecule is O=C(O)CN1CCCN(Cc2cc(F)ccc2Cl)CC1. The van der Waals surface area contributed by atoms with Gasteiger partial charge in [-0.3, -0.25) is 14.6 Å². The molecule has 0 saturated carbocycles. The molecule has 0 aromatic heterocycles. The molecule has 1 aromatic rings. The number of benzene rings is 1. The van der Waals surface area contributed by atoms with Crippen molar-refractivity contribution in [1.82, 2.24) is 9.80 Å². The molecule has 0 bridgehead atoms. The van der Waals surface area contributed by atoms with E-state index in [-0.39, 0.29) is 12.4 Å². The van der Waals surface area contributed by atoms with Crippen molar-refractivity contribution >= 4 is 17.6 Å². The van der Waals surface area contributed by atoms with E-state index >= 15 is 0 Å². The zero-order valence-corrected chi connectivity index (χ0v) is 11.9. The fourth-order valence-corrected chi connectivity index (χ4v) is 2.61. The highest BCUT2D eigenvalue weighted by Crippen LogP contribution is 2.19. The number of carboxylic acid groups (broad SMARTS) is 1. The van der Waals surface area contributed by atoms with Gasteiger partial charge in [0.05, 0.1) is 6.54 Å². The van der Waals surface area contributed by atoms with E-state index in [0.717, 1.165) is 31.6 Å². The third-order valence-electron chi connectivity index (χ3n) is 3.44. The molecule has 0 amide bonds. The van der Waals surface area contributed by atoms with E-state index in [0.29, 0.717) is 18.1 Å². The van der Waals surface area contributed by atoms with Gasteiger partial charge < -0.3 is 5.11 Å². The Morgan fingerprint density at radius 3 is 2.70 bits per heavy atom. The zero-order chi connectivity index (χ0) is 14.5. The Balaban J connectivity index is 1.94. The van der Waals surface area contributed by atoms with Gasteiger partial charge in [-0.2, -0.15) is 0 Å². The Morgan fingerprint density at radius 2 is 1.95 bits per heavy atom. The lowest BCUT2D eigenvalue weighted by Gasteiger charge is -2.21. The van der Waals surface area contributed by atoms with E-state index in [9.17, 15) is 9.18 Å². The summed E-state index contributed by atoms with van der Waals surface area (Å²) in [5, 5.41) is 9.38. The molecule has 1 saturated heterocycles. The van der Waals surface area contributed by atoms with Crippen LogP contribution in [0, 0.1) is 5.82 Å². The molecule has 20 heavy (non-hydrogen) atoms. The Hall–Kier alpha value is -1.17. The predicted octanol–water partition coefficient (Wildman–Crippen LogP) is 2.07. The van der Waals surface area contributed by atoms with Crippen LogP contribution in [0.3, 0.4) is 0 Å². The summed E-state index contributed by atoms with van der Waals surface area (Å²) in [6, 6.07) is 4.38. The molecule has 4 nitrogen and oxygen atoms in total. The highest BCUT2D eigenvalue weighted by atomic mass is 35.5. The molecule has 0 aliphatic carbocycles. The number of nitrogens with zero attached hydrogens (tertiary/aromatic N) is 2. The second kappa shape index (κ2) is 7.02.